The molecule has 1 saturated heterocycles. The molecule has 0 aliphatic carbocycles. The molecule has 2 rings (SSSR count). The van der Waals surface area contributed by atoms with Crippen molar-refractivity contribution in [2.24, 2.45) is 5.92 Å². The Morgan fingerprint density at radius 2 is 2.25 bits per heavy atom. The number of carbonyl (C=O) groups is 1. The molecule has 0 saturated carbocycles. The average Bonchev–Trinajstić information content (AvgIpc) is 2.83. The van der Waals surface area contributed by atoms with E-state index in [2.05, 4.69) is 10.6 Å². The monoisotopic (exact) mass is 334 g/mol. The van der Waals surface area contributed by atoms with Gasteiger partial charge < -0.3 is 15.7 Å². The topological polar surface area (TPSA) is 61.4 Å². The van der Waals surface area contributed by atoms with Crippen LogP contribution >= 0.6 is 35.0 Å². The molecule has 1 aliphatic heterocycles. The molecule has 1 amide bonds. The van der Waals surface area contributed by atoms with Crippen molar-refractivity contribution in [1.82, 2.24) is 10.6 Å². The number of amides is 1. The van der Waals surface area contributed by atoms with Gasteiger partial charge in [-0.05, 0) is 18.2 Å². The number of thioether (sulfide) groups is 1. The van der Waals surface area contributed by atoms with Crippen molar-refractivity contribution < 1.29 is 9.90 Å². The van der Waals surface area contributed by atoms with Crippen LogP contribution in [0.15, 0.2) is 23.1 Å². The van der Waals surface area contributed by atoms with E-state index < -0.39 is 0 Å². The third-order valence-corrected chi connectivity index (χ3v) is 4.85. The zero-order valence-corrected chi connectivity index (χ0v) is 13.1. The second kappa shape index (κ2) is 7.52. The number of hydrogen-bond donors (Lipinski definition) is 3. The fraction of sp³-hybridized carbons (Fsp3) is 0.462. The molecule has 3 N–H and O–H groups in total. The van der Waals surface area contributed by atoms with Crippen LogP contribution in [0.4, 0.5) is 0 Å². The van der Waals surface area contributed by atoms with E-state index in [1.165, 1.54) is 11.8 Å². The normalized spacial score (nSPS) is 21.9. The molecule has 110 valence electrons. The van der Waals surface area contributed by atoms with Crippen molar-refractivity contribution in [2.45, 2.75) is 11.0 Å². The first kappa shape index (κ1) is 15.9. The van der Waals surface area contributed by atoms with Crippen LogP contribution in [0, 0.1) is 5.92 Å². The summed E-state index contributed by atoms with van der Waals surface area (Å²) < 4.78 is 0. The maximum Gasteiger partial charge on any atom is 0.230 e. The molecular formula is C13H16Cl2N2O2S. The van der Waals surface area contributed by atoms with E-state index in [-0.39, 0.29) is 23.7 Å². The lowest BCUT2D eigenvalue weighted by Crippen LogP contribution is -2.35. The summed E-state index contributed by atoms with van der Waals surface area (Å²) >= 11 is 13.3. The van der Waals surface area contributed by atoms with Crippen LogP contribution in [0.1, 0.15) is 0 Å². The van der Waals surface area contributed by atoms with Crippen molar-refractivity contribution in [3.05, 3.63) is 28.2 Å². The summed E-state index contributed by atoms with van der Waals surface area (Å²) in [6, 6.07) is 5.17. The van der Waals surface area contributed by atoms with E-state index in [0.29, 0.717) is 23.1 Å². The quantitative estimate of drug-likeness (QED) is 0.718. The summed E-state index contributed by atoms with van der Waals surface area (Å²) in [7, 11) is 0. The fourth-order valence-corrected chi connectivity index (χ4v) is 3.28. The maximum atomic E-state index is 11.8. The molecule has 0 aromatic heterocycles. The minimum absolute atomic E-state index is 0.0786. The van der Waals surface area contributed by atoms with Crippen LogP contribution in [0.25, 0.3) is 0 Å². The third-order valence-electron chi connectivity index (χ3n) is 3.12. The summed E-state index contributed by atoms with van der Waals surface area (Å²) in [6.45, 7) is 1.80. The first-order valence-electron chi connectivity index (χ1n) is 6.29. The number of hydrogen-bond acceptors (Lipinski definition) is 4. The number of halogens is 2. The van der Waals surface area contributed by atoms with Gasteiger partial charge in [0, 0.05) is 35.5 Å². The first-order valence-corrected chi connectivity index (χ1v) is 8.03. The van der Waals surface area contributed by atoms with Gasteiger partial charge in [0.2, 0.25) is 5.91 Å². The van der Waals surface area contributed by atoms with Crippen molar-refractivity contribution in [2.75, 3.05) is 25.4 Å². The summed E-state index contributed by atoms with van der Waals surface area (Å²) in [5, 5.41) is 16.7. The van der Waals surface area contributed by atoms with Crippen molar-refractivity contribution in [3.63, 3.8) is 0 Å². The van der Waals surface area contributed by atoms with Gasteiger partial charge in [0.05, 0.1) is 16.9 Å². The van der Waals surface area contributed by atoms with Gasteiger partial charge in [-0.15, -0.1) is 11.8 Å². The molecule has 1 fully saturated rings. The minimum Gasteiger partial charge on any atom is -0.391 e. The van der Waals surface area contributed by atoms with E-state index in [0.717, 1.165) is 11.4 Å². The van der Waals surface area contributed by atoms with Crippen molar-refractivity contribution in [3.8, 4) is 0 Å². The number of aliphatic hydroxyl groups excluding tert-OH is 1. The molecule has 0 spiro atoms. The van der Waals surface area contributed by atoms with E-state index in [4.69, 9.17) is 23.2 Å². The zero-order chi connectivity index (χ0) is 14.5. The largest absolute Gasteiger partial charge is 0.391 e. The van der Waals surface area contributed by atoms with Crippen molar-refractivity contribution >= 4 is 40.9 Å². The molecule has 0 radical (unpaired) electrons. The number of β-amino-alcohol motifs (C(OH)–C–C–N with tert-alkyl or cyclic N) is 1. The lowest BCUT2D eigenvalue weighted by Gasteiger charge is -2.14. The Balaban J connectivity index is 1.76. The fourth-order valence-electron chi connectivity index (χ4n) is 1.95. The van der Waals surface area contributed by atoms with Gasteiger partial charge in [0.15, 0.2) is 0 Å². The molecule has 4 nitrogen and oxygen atoms in total. The summed E-state index contributed by atoms with van der Waals surface area (Å²) in [5.41, 5.74) is 0. The molecule has 2 unspecified atom stereocenters. The number of carbonyl (C=O) groups excluding carboxylic acids is 1. The Morgan fingerprint density at radius 3 is 2.95 bits per heavy atom. The van der Waals surface area contributed by atoms with Gasteiger partial charge in [-0.2, -0.15) is 0 Å². The Morgan fingerprint density at radius 1 is 1.45 bits per heavy atom. The van der Waals surface area contributed by atoms with E-state index in [9.17, 15) is 9.90 Å². The zero-order valence-electron chi connectivity index (χ0n) is 10.7. The molecule has 1 aromatic carbocycles. The number of aliphatic hydroxyl groups is 1. The highest BCUT2D eigenvalue weighted by atomic mass is 35.5. The molecule has 20 heavy (non-hydrogen) atoms. The third kappa shape index (κ3) is 4.53. The van der Waals surface area contributed by atoms with Gasteiger partial charge in [-0.3, -0.25) is 4.79 Å². The van der Waals surface area contributed by atoms with Crippen molar-refractivity contribution in [1.29, 1.82) is 0 Å². The van der Waals surface area contributed by atoms with E-state index in [1.807, 2.05) is 0 Å². The number of rotatable bonds is 5. The van der Waals surface area contributed by atoms with Crippen LogP contribution in [-0.4, -0.2) is 42.5 Å². The molecular weight excluding hydrogens is 319 g/mol. The van der Waals surface area contributed by atoms with Gasteiger partial charge in [0.1, 0.15) is 0 Å². The van der Waals surface area contributed by atoms with E-state index >= 15 is 0 Å². The van der Waals surface area contributed by atoms with Crippen LogP contribution < -0.4 is 10.6 Å². The molecule has 0 bridgehead atoms. The Kier molecular flexibility index (Phi) is 5.99. The molecule has 1 aliphatic rings. The summed E-state index contributed by atoms with van der Waals surface area (Å²) in [5.74, 6) is 0.278. The van der Waals surface area contributed by atoms with Crippen LogP contribution in [0.2, 0.25) is 10.0 Å². The SMILES string of the molecule is O=C(CSc1cc(Cl)ccc1Cl)NCC1CNCC1O. The lowest BCUT2D eigenvalue weighted by atomic mass is 10.1. The van der Waals surface area contributed by atoms with Gasteiger partial charge >= 0.3 is 0 Å². The Bertz CT molecular complexity index is 487. The highest BCUT2D eigenvalue weighted by Gasteiger charge is 2.24. The predicted molar refractivity (Wildman–Crippen MR) is 82.6 cm³/mol. The number of nitrogens with one attached hydrogen (secondary N) is 2. The first-order chi connectivity index (χ1) is 9.56. The Hall–Kier alpha value is -0.460. The molecule has 1 heterocycles. The molecule has 1 aromatic rings. The Labute approximate surface area is 132 Å². The second-order valence-electron chi connectivity index (χ2n) is 4.65. The second-order valence-corrected chi connectivity index (χ2v) is 6.51. The smallest absolute Gasteiger partial charge is 0.230 e. The predicted octanol–water partition coefficient (Wildman–Crippen LogP) is 1.78. The average molecular weight is 335 g/mol. The van der Waals surface area contributed by atoms with Gasteiger partial charge in [-0.25, -0.2) is 0 Å². The van der Waals surface area contributed by atoms with E-state index in [1.54, 1.807) is 18.2 Å². The van der Waals surface area contributed by atoms with Crippen LogP contribution in [0.3, 0.4) is 0 Å². The lowest BCUT2D eigenvalue weighted by molar-refractivity contribution is -0.118. The summed E-state index contributed by atoms with van der Waals surface area (Å²) in [6.07, 6.45) is -0.384. The standard InChI is InChI=1S/C13H16Cl2N2O2S/c14-9-1-2-10(15)12(3-9)20-7-13(19)17-5-8-4-16-6-11(8)18/h1-3,8,11,16,18H,4-7H2,(H,17,19). The van der Waals surface area contributed by atoms with Crippen LogP contribution in [-0.2, 0) is 4.79 Å². The highest BCUT2D eigenvalue weighted by Crippen LogP contribution is 2.29. The van der Waals surface area contributed by atoms with Gasteiger partial charge in [-0.1, -0.05) is 23.2 Å². The maximum absolute atomic E-state index is 11.8. The molecule has 7 heteroatoms. The minimum atomic E-state index is -0.384. The van der Waals surface area contributed by atoms with Gasteiger partial charge in [0.25, 0.3) is 0 Å². The number of benzene rings is 1. The highest BCUT2D eigenvalue weighted by molar-refractivity contribution is 8.00. The molecule has 2 atom stereocenters. The van der Waals surface area contributed by atoms with Crippen LogP contribution in [0.5, 0.6) is 0 Å². The summed E-state index contributed by atoms with van der Waals surface area (Å²) in [4.78, 5) is 12.6.